The van der Waals surface area contributed by atoms with Crippen LogP contribution in [0.5, 0.6) is 0 Å². The van der Waals surface area contributed by atoms with Gasteiger partial charge in [-0.25, -0.2) is 4.52 Å². The van der Waals surface area contributed by atoms with Gasteiger partial charge in [0.2, 0.25) is 4.96 Å². The summed E-state index contributed by atoms with van der Waals surface area (Å²) < 4.78 is 1.55. The number of fused-ring (bicyclic) bond motifs is 1. The quantitative estimate of drug-likeness (QED) is 0.806. The van der Waals surface area contributed by atoms with Crippen molar-refractivity contribution in [2.24, 2.45) is 0 Å². The molecule has 0 aliphatic carbocycles. The van der Waals surface area contributed by atoms with Crippen LogP contribution in [0, 0.1) is 0 Å². The van der Waals surface area contributed by atoms with Crippen molar-refractivity contribution in [2.45, 2.75) is 6.42 Å². The summed E-state index contributed by atoms with van der Waals surface area (Å²) in [5, 5.41) is 15.5. The lowest BCUT2D eigenvalue weighted by atomic mass is 10.2. The molecule has 96 valence electrons. The van der Waals surface area contributed by atoms with Crippen LogP contribution in [0.2, 0.25) is 5.02 Å². The Morgan fingerprint density at radius 3 is 2.95 bits per heavy atom. The van der Waals surface area contributed by atoms with Gasteiger partial charge in [0.05, 0.1) is 17.1 Å². The number of carboxylic acids is 1. The molecule has 3 rings (SSSR count). The summed E-state index contributed by atoms with van der Waals surface area (Å²) >= 11 is 7.46. The van der Waals surface area contributed by atoms with E-state index >= 15 is 0 Å². The first-order valence-corrected chi connectivity index (χ1v) is 6.71. The van der Waals surface area contributed by atoms with Gasteiger partial charge in [0, 0.05) is 10.9 Å². The molecule has 0 aliphatic heterocycles. The first-order valence-electron chi connectivity index (χ1n) is 5.45. The van der Waals surface area contributed by atoms with E-state index in [-0.39, 0.29) is 6.42 Å². The molecule has 7 heteroatoms. The molecule has 1 aromatic carbocycles. The van der Waals surface area contributed by atoms with Crippen molar-refractivity contribution in [1.29, 1.82) is 0 Å². The number of aliphatic carboxylic acids is 1. The number of hydrogen-bond donors (Lipinski definition) is 1. The van der Waals surface area contributed by atoms with Gasteiger partial charge in [-0.1, -0.05) is 23.7 Å². The van der Waals surface area contributed by atoms with Crippen LogP contribution in [-0.4, -0.2) is 25.7 Å². The number of nitrogens with zero attached hydrogens (tertiary/aromatic N) is 3. The van der Waals surface area contributed by atoms with Gasteiger partial charge < -0.3 is 5.11 Å². The zero-order chi connectivity index (χ0) is 13.4. The second-order valence-electron chi connectivity index (χ2n) is 3.91. The molecule has 0 aliphatic rings. The molecule has 0 atom stereocenters. The van der Waals surface area contributed by atoms with Crippen LogP contribution < -0.4 is 0 Å². The molecule has 0 saturated heterocycles. The van der Waals surface area contributed by atoms with Crippen LogP contribution in [0.3, 0.4) is 0 Å². The predicted molar refractivity (Wildman–Crippen MR) is 72.6 cm³/mol. The maximum absolute atomic E-state index is 10.8. The SMILES string of the molecule is O=C(O)Cc1csc2nc(-c3ccccc3Cl)nn12. The normalized spacial score (nSPS) is 11.0. The molecule has 5 nitrogen and oxygen atoms in total. The van der Waals surface area contributed by atoms with Crippen molar-refractivity contribution in [2.75, 3.05) is 0 Å². The van der Waals surface area contributed by atoms with Gasteiger partial charge >= 0.3 is 5.97 Å². The van der Waals surface area contributed by atoms with Crippen molar-refractivity contribution in [1.82, 2.24) is 14.6 Å². The number of aromatic nitrogens is 3. The number of hydrogen-bond acceptors (Lipinski definition) is 4. The molecule has 0 saturated carbocycles. The van der Waals surface area contributed by atoms with E-state index in [0.29, 0.717) is 21.5 Å². The fourth-order valence-electron chi connectivity index (χ4n) is 1.76. The van der Waals surface area contributed by atoms with Crippen molar-refractivity contribution in [3.63, 3.8) is 0 Å². The Morgan fingerprint density at radius 2 is 2.21 bits per heavy atom. The third-order valence-electron chi connectivity index (χ3n) is 2.60. The molecule has 2 heterocycles. The minimum Gasteiger partial charge on any atom is -0.481 e. The Labute approximate surface area is 117 Å². The van der Waals surface area contributed by atoms with Crippen LogP contribution >= 0.6 is 22.9 Å². The van der Waals surface area contributed by atoms with E-state index in [1.54, 1.807) is 16.0 Å². The summed E-state index contributed by atoms with van der Waals surface area (Å²) in [5.41, 5.74) is 1.35. The zero-order valence-electron chi connectivity index (χ0n) is 9.58. The van der Waals surface area contributed by atoms with E-state index < -0.39 is 5.97 Å². The fraction of sp³-hybridized carbons (Fsp3) is 0.0833. The Balaban J connectivity index is 2.10. The standard InChI is InChI=1S/C12H8ClN3O2S/c13-9-4-2-1-3-8(9)11-14-12-16(15-11)7(6-19-12)5-10(17)18/h1-4,6H,5H2,(H,17,18). The van der Waals surface area contributed by atoms with Gasteiger partial charge in [-0.05, 0) is 12.1 Å². The lowest BCUT2D eigenvalue weighted by molar-refractivity contribution is -0.136. The van der Waals surface area contributed by atoms with Crippen LogP contribution in [0.4, 0.5) is 0 Å². The highest BCUT2D eigenvalue weighted by Crippen LogP contribution is 2.26. The zero-order valence-corrected chi connectivity index (χ0v) is 11.1. The van der Waals surface area contributed by atoms with Gasteiger partial charge in [-0.3, -0.25) is 4.79 Å². The van der Waals surface area contributed by atoms with Gasteiger partial charge in [-0.2, -0.15) is 4.98 Å². The van der Waals surface area contributed by atoms with Gasteiger partial charge in [0.25, 0.3) is 0 Å². The Bertz CT molecular complexity index is 765. The fourth-order valence-corrected chi connectivity index (χ4v) is 2.80. The molecule has 0 amide bonds. The average Bonchev–Trinajstić information content (AvgIpc) is 2.91. The second kappa shape index (κ2) is 4.64. The molecular weight excluding hydrogens is 286 g/mol. The first-order chi connectivity index (χ1) is 9.15. The highest BCUT2D eigenvalue weighted by atomic mass is 35.5. The van der Waals surface area contributed by atoms with Crippen LogP contribution in [0.1, 0.15) is 5.69 Å². The molecule has 0 fully saturated rings. The van der Waals surface area contributed by atoms with Crippen molar-refractivity contribution < 1.29 is 9.90 Å². The molecule has 0 unspecified atom stereocenters. The molecule has 0 spiro atoms. The van der Waals surface area contributed by atoms with Crippen molar-refractivity contribution in [3.05, 3.63) is 40.4 Å². The molecule has 0 bridgehead atoms. The number of thiazole rings is 1. The summed E-state index contributed by atoms with van der Waals surface area (Å²) in [6.45, 7) is 0. The Kier molecular flexibility index (Phi) is 2.96. The van der Waals surface area contributed by atoms with E-state index in [4.69, 9.17) is 16.7 Å². The summed E-state index contributed by atoms with van der Waals surface area (Å²) in [7, 11) is 0. The molecule has 1 N–H and O–H groups in total. The van der Waals surface area contributed by atoms with E-state index in [1.165, 1.54) is 11.3 Å². The third-order valence-corrected chi connectivity index (χ3v) is 3.79. The highest BCUT2D eigenvalue weighted by Gasteiger charge is 2.14. The number of carbonyl (C=O) groups is 1. The summed E-state index contributed by atoms with van der Waals surface area (Å²) in [5.74, 6) is -0.390. The predicted octanol–water partition coefficient (Wildman–Crippen LogP) is 2.74. The number of benzene rings is 1. The minimum absolute atomic E-state index is 0.0781. The van der Waals surface area contributed by atoms with Gasteiger partial charge in [-0.15, -0.1) is 16.4 Å². The molecule has 19 heavy (non-hydrogen) atoms. The van der Waals surface area contributed by atoms with Crippen LogP contribution in [0.25, 0.3) is 16.3 Å². The lowest BCUT2D eigenvalue weighted by Crippen LogP contribution is -2.03. The maximum Gasteiger partial charge on any atom is 0.309 e. The third kappa shape index (κ3) is 2.20. The monoisotopic (exact) mass is 293 g/mol. The lowest BCUT2D eigenvalue weighted by Gasteiger charge is -1.97. The molecule has 3 aromatic rings. The van der Waals surface area contributed by atoms with E-state index in [9.17, 15) is 4.79 Å². The van der Waals surface area contributed by atoms with E-state index in [1.807, 2.05) is 18.2 Å². The van der Waals surface area contributed by atoms with Crippen molar-refractivity contribution in [3.8, 4) is 11.4 Å². The van der Waals surface area contributed by atoms with Gasteiger partial charge in [0.15, 0.2) is 5.82 Å². The summed E-state index contributed by atoms with van der Waals surface area (Å²) in [4.78, 5) is 15.8. The topological polar surface area (TPSA) is 67.5 Å². The van der Waals surface area contributed by atoms with E-state index in [2.05, 4.69) is 10.1 Å². The van der Waals surface area contributed by atoms with Crippen LogP contribution in [0.15, 0.2) is 29.6 Å². The Hall–Kier alpha value is -1.92. The van der Waals surface area contributed by atoms with E-state index in [0.717, 1.165) is 5.56 Å². The highest BCUT2D eigenvalue weighted by molar-refractivity contribution is 7.15. The largest absolute Gasteiger partial charge is 0.481 e. The molecule has 2 aromatic heterocycles. The first kappa shape index (κ1) is 12.1. The summed E-state index contributed by atoms with van der Waals surface area (Å²) in [6, 6.07) is 7.29. The smallest absolute Gasteiger partial charge is 0.309 e. The minimum atomic E-state index is -0.894. The number of rotatable bonds is 3. The molecular formula is C12H8ClN3O2S. The maximum atomic E-state index is 10.8. The van der Waals surface area contributed by atoms with Gasteiger partial charge in [0.1, 0.15) is 0 Å². The summed E-state index contributed by atoms with van der Waals surface area (Å²) in [6.07, 6.45) is -0.0781. The molecule has 0 radical (unpaired) electrons. The van der Waals surface area contributed by atoms with Crippen molar-refractivity contribution >= 4 is 33.9 Å². The number of carboxylic acid groups (broad SMARTS) is 1. The number of halogens is 1. The average molecular weight is 294 g/mol. The second-order valence-corrected chi connectivity index (χ2v) is 5.15. The Morgan fingerprint density at radius 1 is 1.42 bits per heavy atom. The van der Waals surface area contributed by atoms with Crippen LogP contribution in [-0.2, 0) is 11.2 Å².